The van der Waals surface area contributed by atoms with E-state index in [-0.39, 0.29) is 11.9 Å². The van der Waals surface area contributed by atoms with Crippen molar-refractivity contribution in [3.8, 4) is 5.75 Å². The van der Waals surface area contributed by atoms with Gasteiger partial charge in [0.2, 0.25) is 5.91 Å². The predicted molar refractivity (Wildman–Crippen MR) is 105 cm³/mol. The Morgan fingerprint density at radius 3 is 2.37 bits per heavy atom. The number of rotatable bonds is 6. The Kier molecular flexibility index (Phi) is 5.96. The summed E-state index contributed by atoms with van der Waals surface area (Å²) in [7, 11) is 1.62. The monoisotopic (exact) mass is 367 g/mol. The molecular formula is C21H25N3O3. The van der Waals surface area contributed by atoms with Crippen LogP contribution in [0.2, 0.25) is 0 Å². The molecule has 1 fully saturated rings. The second-order valence-electron chi connectivity index (χ2n) is 6.76. The van der Waals surface area contributed by atoms with Crippen LogP contribution in [0.1, 0.15) is 30.9 Å². The van der Waals surface area contributed by atoms with E-state index < -0.39 is 0 Å². The maximum Gasteiger partial charge on any atom is 0.319 e. The number of carbonyl (C=O) groups is 2. The standard InChI is InChI=1S/C21H25N3O3/c1-15-3-12-20(25)24(15)14-17-4-8-18(9-5-17)23-21(26)22-13-16-6-10-19(27-2)11-7-16/h4-11,15H,3,12-14H2,1-2H3,(H2,22,23,26)/t15-/m0/s1. The first kappa shape index (κ1) is 18.8. The Morgan fingerprint density at radius 2 is 1.78 bits per heavy atom. The van der Waals surface area contributed by atoms with E-state index >= 15 is 0 Å². The maximum absolute atomic E-state index is 12.1. The molecule has 2 aromatic carbocycles. The lowest BCUT2D eigenvalue weighted by atomic mass is 10.2. The molecule has 3 amide bonds. The third-order valence-corrected chi connectivity index (χ3v) is 4.81. The second-order valence-corrected chi connectivity index (χ2v) is 6.76. The van der Waals surface area contributed by atoms with Crippen LogP contribution in [-0.2, 0) is 17.9 Å². The van der Waals surface area contributed by atoms with Crippen molar-refractivity contribution in [2.45, 2.75) is 38.9 Å². The van der Waals surface area contributed by atoms with Crippen molar-refractivity contribution >= 4 is 17.6 Å². The molecule has 6 heteroatoms. The van der Waals surface area contributed by atoms with Crippen molar-refractivity contribution in [3.05, 3.63) is 59.7 Å². The molecule has 27 heavy (non-hydrogen) atoms. The van der Waals surface area contributed by atoms with Crippen molar-refractivity contribution in [2.75, 3.05) is 12.4 Å². The smallest absolute Gasteiger partial charge is 0.319 e. The molecule has 1 saturated heterocycles. The lowest BCUT2D eigenvalue weighted by Crippen LogP contribution is -2.30. The van der Waals surface area contributed by atoms with Crippen LogP contribution in [0, 0.1) is 0 Å². The summed E-state index contributed by atoms with van der Waals surface area (Å²) in [6, 6.07) is 15.2. The highest BCUT2D eigenvalue weighted by Gasteiger charge is 2.27. The van der Waals surface area contributed by atoms with E-state index in [1.807, 2.05) is 53.4 Å². The topological polar surface area (TPSA) is 70.7 Å². The molecule has 0 unspecified atom stereocenters. The van der Waals surface area contributed by atoms with E-state index in [1.165, 1.54) is 0 Å². The molecule has 1 atom stereocenters. The zero-order chi connectivity index (χ0) is 19.2. The number of likely N-dealkylation sites (tertiary alicyclic amines) is 1. The molecule has 1 aliphatic heterocycles. The van der Waals surface area contributed by atoms with Gasteiger partial charge in [-0.1, -0.05) is 24.3 Å². The predicted octanol–water partition coefficient (Wildman–Crippen LogP) is 3.53. The summed E-state index contributed by atoms with van der Waals surface area (Å²) in [5.74, 6) is 0.996. The highest BCUT2D eigenvalue weighted by molar-refractivity contribution is 5.89. The van der Waals surface area contributed by atoms with E-state index in [0.717, 1.165) is 23.3 Å². The van der Waals surface area contributed by atoms with Gasteiger partial charge in [0.25, 0.3) is 0 Å². The summed E-state index contributed by atoms with van der Waals surface area (Å²) >= 11 is 0. The van der Waals surface area contributed by atoms with Gasteiger partial charge in [-0.05, 0) is 48.7 Å². The third-order valence-electron chi connectivity index (χ3n) is 4.81. The van der Waals surface area contributed by atoms with E-state index in [0.29, 0.717) is 31.2 Å². The maximum atomic E-state index is 12.1. The van der Waals surface area contributed by atoms with Crippen LogP contribution in [0.15, 0.2) is 48.5 Å². The van der Waals surface area contributed by atoms with Crippen molar-refractivity contribution in [3.63, 3.8) is 0 Å². The van der Waals surface area contributed by atoms with E-state index in [1.54, 1.807) is 7.11 Å². The van der Waals surface area contributed by atoms with Gasteiger partial charge in [0.15, 0.2) is 0 Å². The molecule has 6 nitrogen and oxygen atoms in total. The third kappa shape index (κ3) is 5.00. The molecule has 2 N–H and O–H groups in total. The minimum absolute atomic E-state index is 0.211. The van der Waals surface area contributed by atoms with Crippen LogP contribution >= 0.6 is 0 Å². The number of nitrogens with one attached hydrogen (secondary N) is 2. The minimum atomic E-state index is -0.262. The highest BCUT2D eigenvalue weighted by Crippen LogP contribution is 2.21. The average Bonchev–Trinajstić information content (AvgIpc) is 3.00. The van der Waals surface area contributed by atoms with Crippen LogP contribution in [0.3, 0.4) is 0 Å². The number of hydrogen-bond acceptors (Lipinski definition) is 3. The highest BCUT2D eigenvalue weighted by atomic mass is 16.5. The van der Waals surface area contributed by atoms with E-state index in [4.69, 9.17) is 4.74 Å². The van der Waals surface area contributed by atoms with Crippen LogP contribution in [0.5, 0.6) is 5.75 Å². The number of hydrogen-bond donors (Lipinski definition) is 2. The van der Waals surface area contributed by atoms with Gasteiger partial charge >= 0.3 is 6.03 Å². The molecule has 0 aromatic heterocycles. The fourth-order valence-electron chi connectivity index (χ4n) is 3.11. The number of nitrogens with zero attached hydrogens (tertiary/aromatic N) is 1. The van der Waals surface area contributed by atoms with Gasteiger partial charge in [0, 0.05) is 31.2 Å². The number of anilines is 1. The van der Waals surface area contributed by atoms with E-state index in [9.17, 15) is 9.59 Å². The summed E-state index contributed by atoms with van der Waals surface area (Å²) in [6.45, 7) is 3.13. The molecule has 0 bridgehead atoms. The summed E-state index contributed by atoms with van der Waals surface area (Å²) in [5.41, 5.74) is 2.76. The molecule has 1 heterocycles. The van der Waals surface area contributed by atoms with Gasteiger partial charge in [0.05, 0.1) is 7.11 Å². The first-order valence-electron chi connectivity index (χ1n) is 9.11. The number of ether oxygens (including phenoxy) is 1. The van der Waals surface area contributed by atoms with E-state index in [2.05, 4.69) is 17.6 Å². The van der Waals surface area contributed by atoms with Crippen LogP contribution < -0.4 is 15.4 Å². The van der Waals surface area contributed by atoms with Gasteiger partial charge in [-0.2, -0.15) is 0 Å². The van der Waals surface area contributed by atoms with Crippen LogP contribution in [0.4, 0.5) is 10.5 Å². The summed E-state index contributed by atoms with van der Waals surface area (Å²) < 4.78 is 5.12. The lowest BCUT2D eigenvalue weighted by molar-refractivity contribution is -0.129. The molecule has 0 aliphatic carbocycles. The summed E-state index contributed by atoms with van der Waals surface area (Å²) in [6.07, 6.45) is 1.56. The first-order valence-corrected chi connectivity index (χ1v) is 9.11. The Balaban J connectivity index is 1.48. The summed E-state index contributed by atoms with van der Waals surface area (Å²) in [5, 5.41) is 5.64. The van der Waals surface area contributed by atoms with Crippen LogP contribution in [-0.4, -0.2) is 30.0 Å². The Morgan fingerprint density at radius 1 is 1.11 bits per heavy atom. The first-order chi connectivity index (χ1) is 13.0. The van der Waals surface area contributed by atoms with Gasteiger partial charge < -0.3 is 20.3 Å². The molecule has 0 radical (unpaired) electrons. The zero-order valence-electron chi connectivity index (χ0n) is 15.7. The molecule has 0 saturated carbocycles. The van der Waals surface area contributed by atoms with Gasteiger partial charge in [0.1, 0.15) is 5.75 Å². The lowest BCUT2D eigenvalue weighted by Gasteiger charge is -2.21. The summed E-state index contributed by atoms with van der Waals surface area (Å²) in [4.78, 5) is 25.8. The Hall–Kier alpha value is -3.02. The average molecular weight is 367 g/mol. The molecule has 3 rings (SSSR count). The number of urea groups is 1. The second kappa shape index (κ2) is 8.58. The van der Waals surface area contributed by atoms with Gasteiger partial charge in [-0.3, -0.25) is 4.79 Å². The number of benzene rings is 2. The van der Waals surface area contributed by atoms with Crippen molar-refractivity contribution in [2.24, 2.45) is 0 Å². The molecule has 1 aliphatic rings. The molecule has 0 spiro atoms. The van der Waals surface area contributed by atoms with Crippen molar-refractivity contribution in [1.82, 2.24) is 10.2 Å². The molecular weight excluding hydrogens is 342 g/mol. The van der Waals surface area contributed by atoms with Crippen molar-refractivity contribution in [1.29, 1.82) is 0 Å². The zero-order valence-corrected chi connectivity index (χ0v) is 15.7. The quantitative estimate of drug-likeness (QED) is 0.821. The number of methoxy groups -OCH3 is 1. The van der Waals surface area contributed by atoms with Crippen LogP contribution in [0.25, 0.3) is 0 Å². The largest absolute Gasteiger partial charge is 0.497 e. The van der Waals surface area contributed by atoms with Gasteiger partial charge in [-0.25, -0.2) is 4.79 Å². The van der Waals surface area contributed by atoms with Gasteiger partial charge in [-0.15, -0.1) is 0 Å². The SMILES string of the molecule is COc1ccc(CNC(=O)Nc2ccc(CN3C(=O)CC[C@@H]3C)cc2)cc1. The number of amides is 3. The Bertz CT molecular complexity index is 787. The molecule has 2 aromatic rings. The number of carbonyl (C=O) groups excluding carboxylic acids is 2. The molecule has 142 valence electrons. The minimum Gasteiger partial charge on any atom is -0.497 e. The van der Waals surface area contributed by atoms with Crippen molar-refractivity contribution < 1.29 is 14.3 Å². The Labute approximate surface area is 159 Å². The fraction of sp³-hybridized carbons (Fsp3) is 0.333. The fourth-order valence-corrected chi connectivity index (χ4v) is 3.11. The normalized spacial score (nSPS) is 16.3.